The summed E-state index contributed by atoms with van der Waals surface area (Å²) in [5.41, 5.74) is -0.637. The van der Waals surface area contributed by atoms with Crippen LogP contribution in [0.4, 0.5) is 13.2 Å². The molecule has 2 fully saturated rings. The summed E-state index contributed by atoms with van der Waals surface area (Å²) in [7, 11) is 0. The minimum absolute atomic E-state index is 0.0550. The summed E-state index contributed by atoms with van der Waals surface area (Å²) in [6.07, 6.45) is -5.62. The Morgan fingerprint density at radius 3 is 2.28 bits per heavy atom. The maximum Gasteiger partial charge on any atom is 0.416 e. The van der Waals surface area contributed by atoms with Crippen molar-refractivity contribution in [3.05, 3.63) is 35.4 Å². The van der Waals surface area contributed by atoms with Crippen LogP contribution in [0.15, 0.2) is 24.3 Å². The molecule has 0 bridgehead atoms. The molecule has 0 spiro atoms. The molecule has 2 unspecified atom stereocenters. The van der Waals surface area contributed by atoms with E-state index in [9.17, 15) is 13.2 Å². The monoisotopic (exact) mass is 259 g/mol. The number of hydrogen-bond donors (Lipinski definition) is 1. The van der Waals surface area contributed by atoms with Gasteiger partial charge >= 0.3 is 6.18 Å². The van der Waals surface area contributed by atoms with Crippen molar-refractivity contribution in [2.24, 2.45) is 0 Å². The van der Waals surface area contributed by atoms with Crippen LogP contribution in [-0.4, -0.2) is 25.3 Å². The number of hydrogen-bond acceptors (Lipinski definition) is 3. The summed E-state index contributed by atoms with van der Waals surface area (Å²) in [5, 5.41) is 3.07. The van der Waals surface area contributed by atoms with Gasteiger partial charge in [-0.15, -0.1) is 0 Å². The third-order valence-electron chi connectivity index (χ3n) is 3.22. The zero-order valence-electron chi connectivity index (χ0n) is 9.41. The van der Waals surface area contributed by atoms with E-state index in [2.05, 4.69) is 5.32 Å². The molecule has 2 aliphatic heterocycles. The van der Waals surface area contributed by atoms with E-state index in [4.69, 9.17) is 9.47 Å². The van der Waals surface area contributed by atoms with Gasteiger partial charge in [-0.1, -0.05) is 18.2 Å². The van der Waals surface area contributed by atoms with Crippen LogP contribution in [0.1, 0.15) is 17.4 Å². The van der Waals surface area contributed by atoms with Crippen LogP contribution in [0.3, 0.4) is 0 Å². The number of benzene rings is 1. The normalized spacial score (nSPS) is 31.6. The molecule has 0 aromatic heterocycles. The molecular formula is C12H12F3NO2. The summed E-state index contributed by atoms with van der Waals surface area (Å²) >= 11 is 0. The van der Waals surface area contributed by atoms with Gasteiger partial charge < -0.3 is 14.8 Å². The van der Waals surface area contributed by atoms with Crippen LogP contribution in [-0.2, 0) is 15.7 Å². The topological polar surface area (TPSA) is 30.5 Å². The highest BCUT2D eigenvalue weighted by molar-refractivity contribution is 5.31. The fourth-order valence-corrected chi connectivity index (χ4v) is 2.36. The van der Waals surface area contributed by atoms with Crippen molar-refractivity contribution >= 4 is 0 Å². The Bertz CT molecular complexity index is 437. The molecule has 0 saturated carbocycles. The second-order valence-electron chi connectivity index (χ2n) is 4.42. The van der Waals surface area contributed by atoms with Gasteiger partial charge in [0.25, 0.3) is 0 Å². The van der Waals surface area contributed by atoms with Gasteiger partial charge in [-0.3, -0.25) is 0 Å². The van der Waals surface area contributed by atoms with Crippen molar-refractivity contribution in [2.75, 3.05) is 13.1 Å². The third kappa shape index (κ3) is 2.00. The van der Waals surface area contributed by atoms with Crippen LogP contribution >= 0.6 is 0 Å². The van der Waals surface area contributed by atoms with Gasteiger partial charge in [0.2, 0.25) is 0 Å². The van der Waals surface area contributed by atoms with E-state index in [1.165, 1.54) is 12.1 Å². The molecule has 0 radical (unpaired) electrons. The van der Waals surface area contributed by atoms with Gasteiger partial charge in [-0.05, 0) is 6.07 Å². The number of rotatable bonds is 1. The van der Waals surface area contributed by atoms with E-state index in [1.54, 1.807) is 6.07 Å². The predicted molar refractivity (Wildman–Crippen MR) is 56.8 cm³/mol. The third-order valence-corrected chi connectivity index (χ3v) is 3.22. The molecule has 1 aromatic rings. The Hall–Kier alpha value is -1.11. The Morgan fingerprint density at radius 1 is 1.06 bits per heavy atom. The molecule has 2 atom stereocenters. The highest BCUT2D eigenvalue weighted by atomic mass is 19.4. The highest BCUT2D eigenvalue weighted by Gasteiger charge is 2.43. The highest BCUT2D eigenvalue weighted by Crippen LogP contribution is 2.40. The Balaban J connectivity index is 1.89. The number of halogens is 3. The zero-order chi connectivity index (χ0) is 12.8. The van der Waals surface area contributed by atoms with Gasteiger partial charge in [0.15, 0.2) is 6.29 Å². The van der Waals surface area contributed by atoms with Crippen LogP contribution < -0.4 is 5.32 Å². The van der Waals surface area contributed by atoms with Crippen molar-refractivity contribution in [3.8, 4) is 0 Å². The fraction of sp³-hybridized carbons (Fsp3) is 0.500. The SMILES string of the molecule is FC(F)(F)c1ccccc1C1OC2CNCC2O1. The van der Waals surface area contributed by atoms with Crippen molar-refractivity contribution in [1.82, 2.24) is 5.32 Å². The largest absolute Gasteiger partial charge is 0.416 e. The maximum atomic E-state index is 12.9. The molecule has 3 rings (SSSR count). The van der Waals surface area contributed by atoms with Crippen molar-refractivity contribution < 1.29 is 22.6 Å². The number of alkyl halides is 3. The van der Waals surface area contributed by atoms with E-state index in [0.717, 1.165) is 6.07 Å². The number of nitrogens with one attached hydrogen (secondary N) is 1. The average Bonchev–Trinajstić information content (AvgIpc) is 2.87. The molecule has 3 nitrogen and oxygen atoms in total. The van der Waals surface area contributed by atoms with Crippen LogP contribution in [0.25, 0.3) is 0 Å². The van der Waals surface area contributed by atoms with Crippen molar-refractivity contribution in [2.45, 2.75) is 24.7 Å². The van der Waals surface area contributed by atoms with E-state index < -0.39 is 18.0 Å². The first kappa shape index (κ1) is 12.0. The molecule has 18 heavy (non-hydrogen) atoms. The Labute approximate surface area is 102 Å². The number of fused-ring (bicyclic) bond motifs is 1. The lowest BCUT2D eigenvalue weighted by Gasteiger charge is -2.17. The first-order valence-electron chi connectivity index (χ1n) is 5.73. The fourth-order valence-electron chi connectivity index (χ4n) is 2.36. The quantitative estimate of drug-likeness (QED) is 0.837. The van der Waals surface area contributed by atoms with Gasteiger partial charge in [0.1, 0.15) is 12.2 Å². The predicted octanol–water partition coefficient (Wildman–Crippen LogP) is 2.09. The first-order valence-corrected chi connectivity index (χ1v) is 5.73. The van der Waals surface area contributed by atoms with E-state index in [0.29, 0.717) is 13.1 Å². The lowest BCUT2D eigenvalue weighted by atomic mass is 10.1. The minimum atomic E-state index is -4.39. The van der Waals surface area contributed by atoms with Gasteiger partial charge in [0, 0.05) is 18.7 Å². The van der Waals surface area contributed by atoms with E-state index in [-0.39, 0.29) is 17.8 Å². The molecule has 2 aliphatic rings. The molecule has 6 heteroatoms. The van der Waals surface area contributed by atoms with Gasteiger partial charge in [0.05, 0.1) is 5.56 Å². The molecule has 1 aromatic carbocycles. The second kappa shape index (κ2) is 4.22. The zero-order valence-corrected chi connectivity index (χ0v) is 9.41. The molecule has 0 aliphatic carbocycles. The minimum Gasteiger partial charge on any atom is -0.341 e. The lowest BCUT2D eigenvalue weighted by Crippen LogP contribution is -2.18. The average molecular weight is 259 g/mol. The molecular weight excluding hydrogens is 247 g/mol. The second-order valence-corrected chi connectivity index (χ2v) is 4.42. The van der Waals surface area contributed by atoms with Crippen molar-refractivity contribution in [3.63, 3.8) is 0 Å². The Kier molecular flexibility index (Phi) is 2.80. The van der Waals surface area contributed by atoms with Crippen LogP contribution in [0, 0.1) is 0 Å². The summed E-state index contributed by atoms with van der Waals surface area (Å²) in [5.74, 6) is 0. The Morgan fingerprint density at radius 2 is 1.67 bits per heavy atom. The maximum absolute atomic E-state index is 12.9. The molecule has 1 N–H and O–H groups in total. The molecule has 98 valence electrons. The number of ether oxygens (including phenoxy) is 2. The summed E-state index contributed by atoms with van der Waals surface area (Å²) < 4.78 is 49.7. The van der Waals surface area contributed by atoms with Crippen LogP contribution in [0.5, 0.6) is 0 Å². The standard InChI is InChI=1S/C12H12F3NO2/c13-12(14,15)8-4-2-1-3-7(8)11-17-9-5-16-6-10(9)18-11/h1-4,9-11,16H,5-6H2. The van der Waals surface area contributed by atoms with Crippen LogP contribution in [0.2, 0.25) is 0 Å². The molecule has 2 saturated heterocycles. The van der Waals surface area contributed by atoms with Gasteiger partial charge in [-0.25, -0.2) is 0 Å². The summed E-state index contributed by atoms with van der Waals surface area (Å²) in [6, 6.07) is 5.38. The van der Waals surface area contributed by atoms with Crippen molar-refractivity contribution in [1.29, 1.82) is 0 Å². The van der Waals surface area contributed by atoms with E-state index >= 15 is 0 Å². The summed E-state index contributed by atoms with van der Waals surface area (Å²) in [6.45, 7) is 1.24. The molecule has 0 amide bonds. The summed E-state index contributed by atoms with van der Waals surface area (Å²) in [4.78, 5) is 0. The molecule has 2 heterocycles. The smallest absolute Gasteiger partial charge is 0.341 e. The van der Waals surface area contributed by atoms with Gasteiger partial charge in [-0.2, -0.15) is 13.2 Å². The first-order chi connectivity index (χ1) is 8.55. The van der Waals surface area contributed by atoms with E-state index in [1.807, 2.05) is 0 Å². The lowest BCUT2D eigenvalue weighted by molar-refractivity contribution is -0.143.